The molecule has 4 aliphatic heterocycles. The molecule has 4 aliphatic rings. The van der Waals surface area contributed by atoms with E-state index >= 15 is 0 Å². The Morgan fingerprint density at radius 3 is 2.67 bits per heavy atom. The number of carbonyl (C=O) groups excluding carboxylic acids is 3. The Labute approximate surface area is 252 Å². The lowest BCUT2D eigenvalue weighted by molar-refractivity contribution is -0.154. The Morgan fingerprint density at radius 1 is 1.21 bits per heavy atom. The first-order chi connectivity index (χ1) is 20.5. The first kappa shape index (κ1) is 30.8. The molecular formula is C32H43N3O6S. The zero-order valence-corrected chi connectivity index (χ0v) is 25.1. The highest BCUT2D eigenvalue weighted by Crippen LogP contribution is 2.67. The third-order valence-corrected chi connectivity index (χ3v) is 11.1. The number of fused-ring (bicyclic) bond motifs is 1. The van der Waals surface area contributed by atoms with E-state index in [2.05, 4.69) is 18.1 Å². The summed E-state index contributed by atoms with van der Waals surface area (Å²) in [6, 6.07) is 7.84. The Hall–Kier alpha value is -2.66. The van der Waals surface area contributed by atoms with Crippen molar-refractivity contribution in [2.24, 2.45) is 11.8 Å². The van der Waals surface area contributed by atoms with Gasteiger partial charge in [-0.3, -0.25) is 19.3 Å². The van der Waals surface area contributed by atoms with E-state index in [1.54, 1.807) is 33.7 Å². The lowest BCUT2D eigenvalue weighted by atomic mass is 9.71. The zero-order chi connectivity index (χ0) is 29.7. The van der Waals surface area contributed by atoms with Crippen LogP contribution in [0.2, 0.25) is 0 Å². The minimum absolute atomic E-state index is 0.0752. The van der Waals surface area contributed by atoms with Gasteiger partial charge in [0.15, 0.2) is 0 Å². The number of hydrogen-bond acceptors (Lipinski definition) is 8. The lowest BCUT2D eigenvalue weighted by Crippen LogP contribution is -2.56. The number of nitrogens with zero attached hydrogens (tertiary/aromatic N) is 3. The molecule has 0 aromatic heterocycles. The number of unbranched alkanes of at least 4 members (excludes halogenated alkanes) is 1. The molecule has 4 saturated heterocycles. The average molecular weight is 598 g/mol. The molecule has 228 valence electrons. The second kappa shape index (κ2) is 13.8. The summed E-state index contributed by atoms with van der Waals surface area (Å²) < 4.78 is 10.4. The number of rotatable bonds is 14. The molecule has 2 unspecified atom stereocenters. The predicted molar refractivity (Wildman–Crippen MR) is 162 cm³/mol. The van der Waals surface area contributed by atoms with Gasteiger partial charge in [-0.2, -0.15) is 0 Å². The topological polar surface area (TPSA) is 99.6 Å². The van der Waals surface area contributed by atoms with Crippen molar-refractivity contribution in [3.8, 4) is 0 Å². The molecule has 0 aliphatic carbocycles. The van der Waals surface area contributed by atoms with Gasteiger partial charge >= 0.3 is 5.97 Å². The summed E-state index contributed by atoms with van der Waals surface area (Å²) in [5.74, 6) is -2.05. The molecule has 42 heavy (non-hydrogen) atoms. The summed E-state index contributed by atoms with van der Waals surface area (Å²) in [4.78, 5) is 48.3. The summed E-state index contributed by atoms with van der Waals surface area (Å²) in [6.07, 6.45) is 6.32. The number of allylic oxidation sites excluding steroid dienone is 1. The predicted octanol–water partition coefficient (Wildman–Crippen LogP) is 2.67. The number of thioether (sulfide) groups is 1. The van der Waals surface area contributed by atoms with Gasteiger partial charge in [-0.25, -0.2) is 0 Å². The molecule has 4 heterocycles. The summed E-state index contributed by atoms with van der Waals surface area (Å²) in [7, 11) is 0. The first-order valence-electron chi connectivity index (χ1n) is 15.1. The average Bonchev–Trinajstić information content (AvgIpc) is 3.66. The third kappa shape index (κ3) is 5.78. The highest BCUT2D eigenvalue weighted by molar-refractivity contribution is 8.02. The van der Waals surface area contributed by atoms with Gasteiger partial charge in [-0.15, -0.1) is 24.9 Å². The van der Waals surface area contributed by atoms with Crippen LogP contribution in [0.15, 0.2) is 55.6 Å². The third-order valence-electron chi connectivity index (χ3n) is 9.19. The summed E-state index contributed by atoms with van der Waals surface area (Å²) in [5.41, 5.74) is 0.759. The molecule has 2 bridgehead atoms. The van der Waals surface area contributed by atoms with E-state index in [-0.39, 0.29) is 36.2 Å². The van der Waals surface area contributed by atoms with E-state index < -0.39 is 28.7 Å². The molecule has 5 rings (SSSR count). The maximum absolute atomic E-state index is 14.7. The number of likely N-dealkylation sites (tertiary alicyclic amines) is 1. The highest BCUT2D eigenvalue weighted by atomic mass is 32.2. The van der Waals surface area contributed by atoms with Gasteiger partial charge < -0.3 is 24.4 Å². The van der Waals surface area contributed by atoms with Crippen LogP contribution in [0.1, 0.15) is 37.3 Å². The van der Waals surface area contributed by atoms with Crippen LogP contribution in [-0.4, -0.2) is 113 Å². The van der Waals surface area contributed by atoms with Crippen molar-refractivity contribution in [1.82, 2.24) is 14.7 Å². The Morgan fingerprint density at radius 2 is 1.98 bits per heavy atom. The van der Waals surface area contributed by atoms with Crippen molar-refractivity contribution >= 4 is 29.5 Å². The highest BCUT2D eigenvalue weighted by Gasteiger charge is 2.74. The van der Waals surface area contributed by atoms with Crippen molar-refractivity contribution in [2.45, 2.75) is 47.8 Å². The Kier molecular flexibility index (Phi) is 10.1. The molecule has 0 radical (unpaired) electrons. The first-order valence-corrected chi connectivity index (χ1v) is 16.0. The standard InChI is InChI=1S/C32H43N3O6S/c1-3-5-9-19-41-31(39)26-25-12-13-32(42-25)27(26)29(37)35(24(22-36)23-10-7-6-8-11-23)28(32)30(38)34(14-4-2)16-15-33-17-20-40-21-18-33/h3-4,6-8,10-11,24-28,36H,1-2,5,9,12-22H2/t24-,25-,26+,27+,28?,32?/m1/s1. The van der Waals surface area contributed by atoms with Gasteiger partial charge in [0, 0.05) is 38.0 Å². The number of amides is 2. The van der Waals surface area contributed by atoms with Gasteiger partial charge in [0.25, 0.3) is 0 Å². The fraction of sp³-hybridized carbons (Fsp3) is 0.594. The second-order valence-corrected chi connectivity index (χ2v) is 13.1. The van der Waals surface area contributed by atoms with Crippen LogP contribution >= 0.6 is 11.8 Å². The number of ether oxygens (including phenoxy) is 2. The fourth-order valence-electron chi connectivity index (χ4n) is 7.21. The Balaban J connectivity index is 1.48. The van der Waals surface area contributed by atoms with E-state index in [0.717, 1.165) is 31.5 Å². The number of carbonyl (C=O) groups is 3. The van der Waals surface area contributed by atoms with Crippen LogP contribution in [0.3, 0.4) is 0 Å². The quantitative estimate of drug-likeness (QED) is 0.199. The molecule has 1 aromatic carbocycles. The number of morpholine rings is 1. The zero-order valence-electron chi connectivity index (χ0n) is 24.3. The number of hydrogen-bond donors (Lipinski definition) is 1. The second-order valence-electron chi connectivity index (χ2n) is 11.5. The van der Waals surface area contributed by atoms with Gasteiger partial charge in [0.2, 0.25) is 11.8 Å². The molecule has 1 N–H and O–H groups in total. The maximum atomic E-state index is 14.7. The monoisotopic (exact) mass is 597 g/mol. The van der Waals surface area contributed by atoms with Gasteiger partial charge in [-0.05, 0) is 31.2 Å². The molecule has 10 heteroatoms. The van der Waals surface area contributed by atoms with Crippen LogP contribution in [0.5, 0.6) is 0 Å². The Bertz CT molecular complexity index is 1140. The van der Waals surface area contributed by atoms with Crippen molar-refractivity contribution in [3.05, 3.63) is 61.2 Å². The number of aliphatic hydroxyl groups excluding tert-OH is 1. The van der Waals surface area contributed by atoms with Crippen molar-refractivity contribution in [3.63, 3.8) is 0 Å². The van der Waals surface area contributed by atoms with E-state index in [1.165, 1.54) is 0 Å². The van der Waals surface area contributed by atoms with E-state index in [4.69, 9.17) is 9.47 Å². The minimum atomic E-state index is -0.814. The lowest BCUT2D eigenvalue weighted by Gasteiger charge is -2.40. The molecule has 1 aromatic rings. The number of esters is 1. The molecular weight excluding hydrogens is 554 g/mol. The smallest absolute Gasteiger partial charge is 0.310 e. The SMILES string of the molecule is C=CCCCOC(=O)[C@@H]1[C@H]2C(=O)N([C@H](CO)c3ccccc3)C(C(=O)N(CC=C)CCN3CCOCC3)C23CC[C@H]1S3. The van der Waals surface area contributed by atoms with Gasteiger partial charge in [0.05, 0.1) is 49.1 Å². The van der Waals surface area contributed by atoms with E-state index in [0.29, 0.717) is 45.7 Å². The van der Waals surface area contributed by atoms with Crippen molar-refractivity contribution in [1.29, 1.82) is 0 Å². The normalized spacial score (nSPS) is 29.3. The van der Waals surface area contributed by atoms with Crippen LogP contribution in [0, 0.1) is 11.8 Å². The minimum Gasteiger partial charge on any atom is -0.465 e. The number of aliphatic hydroxyl groups is 1. The molecule has 9 nitrogen and oxygen atoms in total. The summed E-state index contributed by atoms with van der Waals surface area (Å²) >= 11 is 1.62. The molecule has 2 amide bonds. The van der Waals surface area contributed by atoms with Crippen LogP contribution < -0.4 is 0 Å². The summed E-state index contributed by atoms with van der Waals surface area (Å²) in [5, 5.41) is 10.6. The molecule has 6 atom stereocenters. The molecule has 4 fully saturated rings. The van der Waals surface area contributed by atoms with Gasteiger partial charge in [-0.1, -0.05) is 42.5 Å². The van der Waals surface area contributed by atoms with E-state index in [1.807, 2.05) is 30.3 Å². The van der Waals surface area contributed by atoms with Crippen LogP contribution in [0.4, 0.5) is 0 Å². The largest absolute Gasteiger partial charge is 0.465 e. The van der Waals surface area contributed by atoms with Crippen LogP contribution in [-0.2, 0) is 23.9 Å². The molecule has 0 saturated carbocycles. The van der Waals surface area contributed by atoms with Crippen LogP contribution in [0.25, 0.3) is 0 Å². The molecule has 1 spiro atoms. The van der Waals surface area contributed by atoms with Crippen molar-refractivity contribution in [2.75, 3.05) is 59.2 Å². The van der Waals surface area contributed by atoms with Gasteiger partial charge in [0.1, 0.15) is 6.04 Å². The number of benzene rings is 1. The maximum Gasteiger partial charge on any atom is 0.310 e. The van der Waals surface area contributed by atoms with E-state index in [9.17, 15) is 19.5 Å². The van der Waals surface area contributed by atoms with Crippen molar-refractivity contribution < 1.29 is 29.0 Å². The fourth-order valence-corrected chi connectivity index (χ4v) is 9.39. The summed E-state index contributed by atoms with van der Waals surface area (Å²) in [6.45, 7) is 12.1.